The predicted octanol–water partition coefficient (Wildman–Crippen LogP) is 3.39. The summed E-state index contributed by atoms with van der Waals surface area (Å²) in [5, 5.41) is 8.40. The van der Waals surface area contributed by atoms with Crippen molar-refractivity contribution < 1.29 is 14.3 Å². The summed E-state index contributed by atoms with van der Waals surface area (Å²) in [7, 11) is 3.14. The molecule has 3 aromatic rings. The standard InChI is InChI=1S/C21H20ClN5O3/c1-11-17(19(23)28)18(12-4-7-14(22)8-5-12)27-21(24-11)25-20(26-27)13-6-9-15(29-2)16(10-13)30-3/h4-10,18H,1-3H3,(H2,23,28)(H,24,25,26)/t18-/m1/s1. The molecule has 1 aromatic heterocycles. The minimum atomic E-state index is -0.534. The van der Waals surface area contributed by atoms with Gasteiger partial charge in [0, 0.05) is 16.3 Å². The van der Waals surface area contributed by atoms with Crippen LogP contribution >= 0.6 is 11.6 Å². The number of hydrogen-bond donors (Lipinski definition) is 2. The molecule has 0 aliphatic carbocycles. The van der Waals surface area contributed by atoms with E-state index < -0.39 is 11.9 Å². The van der Waals surface area contributed by atoms with Crippen LogP contribution in [0.2, 0.25) is 5.02 Å². The topological polar surface area (TPSA) is 104 Å². The third-order valence-electron chi connectivity index (χ3n) is 4.95. The lowest BCUT2D eigenvalue weighted by Gasteiger charge is -2.27. The maximum Gasteiger partial charge on any atom is 0.248 e. The van der Waals surface area contributed by atoms with Crippen molar-refractivity contribution >= 4 is 23.5 Å². The van der Waals surface area contributed by atoms with Crippen LogP contribution in [-0.2, 0) is 4.79 Å². The molecule has 0 saturated heterocycles. The number of carbonyl (C=O) groups is 1. The number of primary amides is 1. The SMILES string of the molecule is COc1ccc(-c2nc3n(n2)[C@H](c2ccc(Cl)cc2)C(C(N)=O)=C(C)N3)cc1OC. The summed E-state index contributed by atoms with van der Waals surface area (Å²) in [5.74, 6) is 1.61. The number of nitrogens with one attached hydrogen (secondary N) is 1. The summed E-state index contributed by atoms with van der Waals surface area (Å²) < 4.78 is 12.3. The molecule has 0 radical (unpaired) electrons. The van der Waals surface area contributed by atoms with E-state index in [1.165, 1.54) is 0 Å². The molecule has 1 amide bonds. The Hall–Kier alpha value is -3.52. The van der Waals surface area contributed by atoms with E-state index >= 15 is 0 Å². The molecule has 9 heteroatoms. The van der Waals surface area contributed by atoms with Crippen molar-refractivity contribution in [2.75, 3.05) is 19.5 Å². The lowest BCUT2D eigenvalue weighted by Crippen LogP contribution is -2.31. The highest BCUT2D eigenvalue weighted by molar-refractivity contribution is 6.30. The van der Waals surface area contributed by atoms with E-state index in [4.69, 9.17) is 26.8 Å². The number of nitrogens with two attached hydrogens (primary N) is 1. The van der Waals surface area contributed by atoms with E-state index in [0.717, 1.165) is 11.1 Å². The lowest BCUT2D eigenvalue weighted by atomic mass is 9.95. The van der Waals surface area contributed by atoms with Crippen LogP contribution in [0.1, 0.15) is 18.5 Å². The summed E-state index contributed by atoms with van der Waals surface area (Å²) in [6, 6.07) is 12.1. The normalized spacial score (nSPS) is 15.4. The number of anilines is 1. The summed E-state index contributed by atoms with van der Waals surface area (Å²) >= 11 is 6.04. The van der Waals surface area contributed by atoms with Crippen molar-refractivity contribution in [1.29, 1.82) is 0 Å². The van der Waals surface area contributed by atoms with Crippen LogP contribution < -0.4 is 20.5 Å². The first-order valence-corrected chi connectivity index (χ1v) is 9.52. The Balaban J connectivity index is 1.84. The third-order valence-corrected chi connectivity index (χ3v) is 5.20. The van der Waals surface area contributed by atoms with Gasteiger partial charge in [0.2, 0.25) is 11.9 Å². The smallest absolute Gasteiger partial charge is 0.248 e. The van der Waals surface area contributed by atoms with Gasteiger partial charge in [-0.05, 0) is 42.8 Å². The van der Waals surface area contributed by atoms with Crippen LogP contribution in [0.3, 0.4) is 0 Å². The summed E-state index contributed by atoms with van der Waals surface area (Å²) in [4.78, 5) is 16.9. The monoisotopic (exact) mass is 425 g/mol. The van der Waals surface area contributed by atoms with E-state index in [0.29, 0.717) is 39.6 Å². The fourth-order valence-corrected chi connectivity index (χ4v) is 3.65. The average molecular weight is 426 g/mol. The van der Waals surface area contributed by atoms with Gasteiger partial charge in [-0.25, -0.2) is 4.68 Å². The molecule has 0 saturated carbocycles. The minimum Gasteiger partial charge on any atom is -0.493 e. The van der Waals surface area contributed by atoms with Crippen molar-refractivity contribution in [3.05, 3.63) is 64.3 Å². The highest BCUT2D eigenvalue weighted by atomic mass is 35.5. The molecule has 154 valence electrons. The van der Waals surface area contributed by atoms with Gasteiger partial charge in [-0.1, -0.05) is 23.7 Å². The Morgan fingerprint density at radius 1 is 1.13 bits per heavy atom. The fraction of sp³-hybridized carbons (Fsp3) is 0.190. The second kappa shape index (κ2) is 7.72. The molecular formula is C21H20ClN5O3. The van der Waals surface area contributed by atoms with Crippen LogP contribution in [-0.4, -0.2) is 34.9 Å². The van der Waals surface area contributed by atoms with Crippen LogP contribution in [0, 0.1) is 0 Å². The van der Waals surface area contributed by atoms with Crippen LogP contribution in [0.4, 0.5) is 5.95 Å². The average Bonchev–Trinajstić information content (AvgIpc) is 3.16. The fourth-order valence-electron chi connectivity index (χ4n) is 3.52. The Labute approximate surface area is 178 Å². The van der Waals surface area contributed by atoms with Gasteiger partial charge in [-0.3, -0.25) is 4.79 Å². The first-order chi connectivity index (χ1) is 14.4. The molecule has 2 aromatic carbocycles. The Morgan fingerprint density at radius 2 is 1.83 bits per heavy atom. The second-order valence-electron chi connectivity index (χ2n) is 6.76. The van der Waals surface area contributed by atoms with E-state index in [1.807, 2.05) is 18.2 Å². The maximum absolute atomic E-state index is 12.3. The maximum atomic E-state index is 12.3. The first-order valence-electron chi connectivity index (χ1n) is 9.15. The number of halogens is 1. The zero-order chi connectivity index (χ0) is 21.4. The Morgan fingerprint density at radius 3 is 2.47 bits per heavy atom. The molecule has 30 heavy (non-hydrogen) atoms. The Bertz CT molecular complexity index is 1150. The molecule has 3 N–H and O–H groups in total. The van der Waals surface area contributed by atoms with Gasteiger partial charge in [0.25, 0.3) is 0 Å². The number of methoxy groups -OCH3 is 2. The second-order valence-corrected chi connectivity index (χ2v) is 7.19. The van der Waals surface area contributed by atoms with Crippen LogP contribution in [0.15, 0.2) is 53.7 Å². The zero-order valence-corrected chi connectivity index (χ0v) is 17.4. The molecule has 2 heterocycles. The predicted molar refractivity (Wildman–Crippen MR) is 114 cm³/mol. The molecule has 0 bridgehead atoms. The molecule has 4 rings (SSSR count). The molecule has 1 atom stereocenters. The van der Waals surface area contributed by atoms with Crippen LogP contribution in [0.25, 0.3) is 11.4 Å². The van der Waals surface area contributed by atoms with Gasteiger partial charge in [-0.2, -0.15) is 4.98 Å². The largest absolute Gasteiger partial charge is 0.493 e. The number of ether oxygens (including phenoxy) is 2. The van der Waals surface area contributed by atoms with E-state index in [-0.39, 0.29) is 0 Å². The lowest BCUT2D eigenvalue weighted by molar-refractivity contribution is -0.115. The molecule has 1 aliphatic rings. The molecular weight excluding hydrogens is 406 g/mol. The van der Waals surface area contributed by atoms with Crippen molar-refractivity contribution in [2.45, 2.75) is 13.0 Å². The highest BCUT2D eigenvalue weighted by Gasteiger charge is 2.33. The quantitative estimate of drug-likeness (QED) is 0.649. The van der Waals surface area contributed by atoms with E-state index in [9.17, 15) is 4.79 Å². The van der Waals surface area contributed by atoms with E-state index in [2.05, 4.69) is 15.4 Å². The molecule has 8 nitrogen and oxygen atoms in total. The number of amides is 1. The number of benzene rings is 2. The number of hydrogen-bond acceptors (Lipinski definition) is 6. The number of rotatable bonds is 5. The van der Waals surface area contributed by atoms with Gasteiger partial charge < -0.3 is 20.5 Å². The van der Waals surface area contributed by atoms with Gasteiger partial charge in [0.05, 0.1) is 19.8 Å². The zero-order valence-electron chi connectivity index (χ0n) is 16.6. The summed E-state index contributed by atoms with van der Waals surface area (Å²) in [5.41, 5.74) is 8.30. The molecule has 1 aliphatic heterocycles. The first kappa shape index (κ1) is 19.8. The third kappa shape index (κ3) is 3.35. The summed E-state index contributed by atoms with van der Waals surface area (Å²) in [6.07, 6.45) is 0. The summed E-state index contributed by atoms with van der Waals surface area (Å²) in [6.45, 7) is 1.79. The number of aromatic nitrogens is 3. The number of nitrogens with zero attached hydrogens (tertiary/aromatic N) is 3. The van der Waals surface area contributed by atoms with Gasteiger partial charge in [-0.15, -0.1) is 5.10 Å². The van der Waals surface area contributed by atoms with Gasteiger partial charge >= 0.3 is 0 Å². The molecule has 0 spiro atoms. The number of fused-ring (bicyclic) bond motifs is 1. The van der Waals surface area contributed by atoms with Crippen molar-refractivity contribution in [3.8, 4) is 22.9 Å². The van der Waals surface area contributed by atoms with Gasteiger partial charge in [0.1, 0.15) is 6.04 Å². The minimum absolute atomic E-state index is 0.411. The van der Waals surface area contributed by atoms with E-state index in [1.54, 1.807) is 50.1 Å². The number of allylic oxidation sites excluding steroid dienone is 1. The highest BCUT2D eigenvalue weighted by Crippen LogP contribution is 2.37. The van der Waals surface area contributed by atoms with Gasteiger partial charge in [0.15, 0.2) is 17.3 Å². The van der Waals surface area contributed by atoms with Crippen molar-refractivity contribution in [2.24, 2.45) is 5.73 Å². The number of carbonyl (C=O) groups excluding carboxylic acids is 1. The van der Waals surface area contributed by atoms with Crippen molar-refractivity contribution in [1.82, 2.24) is 14.8 Å². The Kier molecular flexibility index (Phi) is 5.09. The molecule has 0 unspecified atom stereocenters. The van der Waals surface area contributed by atoms with Crippen LogP contribution in [0.5, 0.6) is 11.5 Å². The molecule has 0 fully saturated rings. The van der Waals surface area contributed by atoms with Crippen molar-refractivity contribution in [3.63, 3.8) is 0 Å².